The molecule has 2 aliphatic rings. The minimum absolute atomic E-state index is 0.157. The van der Waals surface area contributed by atoms with Gasteiger partial charge in [0.2, 0.25) is 0 Å². The molecule has 1 amide bonds. The zero-order valence-electron chi connectivity index (χ0n) is 14.9. The molecule has 0 atom stereocenters. The summed E-state index contributed by atoms with van der Waals surface area (Å²) in [7, 11) is 1.32. The molecule has 0 saturated carbocycles. The van der Waals surface area contributed by atoms with Crippen LogP contribution in [-0.2, 0) is 17.6 Å². The lowest BCUT2D eigenvalue weighted by molar-refractivity contribution is 0.0600. The van der Waals surface area contributed by atoms with Crippen LogP contribution in [0.4, 0.5) is 5.82 Å². The lowest BCUT2D eigenvalue weighted by atomic mass is 9.73. The number of ether oxygens (including phenoxy) is 1. The van der Waals surface area contributed by atoms with Gasteiger partial charge >= 0.3 is 5.97 Å². The first-order chi connectivity index (χ1) is 12.7. The van der Waals surface area contributed by atoms with Crippen molar-refractivity contribution in [1.29, 1.82) is 0 Å². The fraction of sp³-hybridized carbons (Fsp3) is 0.381. The minimum atomic E-state index is -0.446. The van der Waals surface area contributed by atoms with Crippen LogP contribution in [0.2, 0.25) is 0 Å². The average molecular weight is 350 g/mol. The Kier molecular flexibility index (Phi) is 4.45. The van der Waals surface area contributed by atoms with Crippen LogP contribution in [0.5, 0.6) is 0 Å². The molecule has 4 rings (SSSR count). The van der Waals surface area contributed by atoms with Crippen molar-refractivity contribution in [3.8, 4) is 0 Å². The largest absolute Gasteiger partial charge is 0.465 e. The van der Waals surface area contributed by atoms with E-state index in [9.17, 15) is 9.59 Å². The summed E-state index contributed by atoms with van der Waals surface area (Å²) in [4.78, 5) is 28.3. The molecule has 1 aromatic heterocycles. The number of carbonyl (C=O) groups excluding carboxylic acids is 2. The Labute approximate surface area is 152 Å². The Bertz CT molecular complexity index is 827. The van der Waals surface area contributed by atoms with E-state index in [0.717, 1.165) is 12.8 Å². The van der Waals surface area contributed by atoms with Gasteiger partial charge in [-0.25, -0.2) is 9.78 Å². The molecule has 0 unspecified atom stereocenters. The van der Waals surface area contributed by atoms with Crippen LogP contribution in [0.1, 0.15) is 69.0 Å². The van der Waals surface area contributed by atoms with Gasteiger partial charge in [-0.1, -0.05) is 0 Å². The second-order valence-electron chi connectivity index (χ2n) is 7.07. The summed E-state index contributed by atoms with van der Waals surface area (Å²) in [6.07, 6.45) is 8.50. The van der Waals surface area contributed by atoms with Crippen molar-refractivity contribution in [2.45, 2.75) is 44.4 Å². The van der Waals surface area contributed by atoms with E-state index in [2.05, 4.69) is 27.2 Å². The number of esters is 1. The molecule has 0 aliphatic heterocycles. The van der Waals surface area contributed by atoms with Gasteiger partial charge in [0.05, 0.1) is 12.7 Å². The van der Waals surface area contributed by atoms with E-state index in [4.69, 9.17) is 0 Å². The minimum Gasteiger partial charge on any atom is -0.465 e. The number of hydrogen-bond donors (Lipinski definition) is 1. The van der Waals surface area contributed by atoms with Crippen LogP contribution in [0.3, 0.4) is 0 Å². The van der Waals surface area contributed by atoms with Crippen molar-refractivity contribution in [3.63, 3.8) is 0 Å². The molecule has 2 aliphatic carbocycles. The summed E-state index contributed by atoms with van der Waals surface area (Å²) in [5, 5.41) is 2.83. The van der Waals surface area contributed by atoms with Crippen LogP contribution in [-0.4, -0.2) is 24.0 Å². The molecular formula is C21H22N2O3. The summed E-state index contributed by atoms with van der Waals surface area (Å²) in [5.41, 5.74) is 5.25. The van der Waals surface area contributed by atoms with Crippen molar-refractivity contribution >= 4 is 17.7 Å². The molecule has 0 bridgehead atoms. The maximum atomic E-state index is 12.7. The molecule has 1 N–H and O–H groups in total. The summed E-state index contributed by atoms with van der Waals surface area (Å²) in [6, 6.07) is 7.31. The van der Waals surface area contributed by atoms with Gasteiger partial charge in [-0.3, -0.25) is 4.79 Å². The Morgan fingerprint density at radius 2 is 1.77 bits per heavy atom. The Balaban J connectivity index is 1.56. The number of amides is 1. The molecule has 0 spiro atoms. The Hall–Kier alpha value is -2.69. The highest BCUT2D eigenvalue weighted by atomic mass is 16.5. The molecule has 0 fully saturated rings. The topological polar surface area (TPSA) is 68.3 Å². The second kappa shape index (κ2) is 6.90. The fourth-order valence-electron chi connectivity index (χ4n) is 4.25. The highest BCUT2D eigenvalue weighted by molar-refractivity contribution is 6.04. The van der Waals surface area contributed by atoms with Gasteiger partial charge in [0.15, 0.2) is 0 Å². The van der Waals surface area contributed by atoms with Gasteiger partial charge in [-0.15, -0.1) is 0 Å². The standard InChI is InChI=1S/C21H22N2O3/c1-26-21(25)16-8-9-18(22-12-16)23-20(24)17-10-14-6-2-4-13-5-3-7-15(11-17)19(13)14/h8-13H,2-7H2,1H3,(H,22,23,24). The fourth-order valence-corrected chi connectivity index (χ4v) is 4.25. The van der Waals surface area contributed by atoms with Gasteiger partial charge in [0, 0.05) is 11.8 Å². The molecule has 26 heavy (non-hydrogen) atoms. The maximum Gasteiger partial charge on any atom is 0.339 e. The zero-order chi connectivity index (χ0) is 18.1. The lowest BCUT2D eigenvalue weighted by Crippen LogP contribution is -2.20. The van der Waals surface area contributed by atoms with Gasteiger partial charge in [0.25, 0.3) is 5.91 Å². The Morgan fingerprint density at radius 3 is 2.35 bits per heavy atom. The van der Waals surface area contributed by atoms with E-state index < -0.39 is 5.97 Å². The van der Waals surface area contributed by atoms with Crippen LogP contribution < -0.4 is 5.32 Å². The van der Waals surface area contributed by atoms with Crippen LogP contribution >= 0.6 is 0 Å². The molecule has 5 nitrogen and oxygen atoms in total. The first kappa shape index (κ1) is 16.8. The molecule has 1 heterocycles. The molecule has 2 aromatic rings. The number of methoxy groups -OCH3 is 1. The summed E-state index contributed by atoms with van der Waals surface area (Å²) in [6.45, 7) is 0. The number of nitrogens with zero attached hydrogens (tertiary/aromatic N) is 1. The van der Waals surface area contributed by atoms with E-state index >= 15 is 0 Å². The number of anilines is 1. The Morgan fingerprint density at radius 1 is 1.08 bits per heavy atom. The summed E-state index contributed by atoms with van der Waals surface area (Å²) < 4.78 is 4.65. The van der Waals surface area contributed by atoms with E-state index in [1.54, 1.807) is 12.1 Å². The number of aromatic nitrogens is 1. The smallest absolute Gasteiger partial charge is 0.339 e. The SMILES string of the molecule is COC(=O)c1ccc(NC(=O)c2cc3c4c(c2)CCCC4CCC3)nc1. The highest BCUT2D eigenvalue weighted by Gasteiger charge is 2.27. The number of carbonyl (C=O) groups is 2. The van der Waals surface area contributed by atoms with Crippen molar-refractivity contribution in [2.24, 2.45) is 0 Å². The van der Waals surface area contributed by atoms with E-state index in [1.807, 2.05) is 0 Å². The first-order valence-corrected chi connectivity index (χ1v) is 9.17. The monoisotopic (exact) mass is 350 g/mol. The normalized spacial score (nSPS) is 15.9. The first-order valence-electron chi connectivity index (χ1n) is 9.17. The van der Waals surface area contributed by atoms with Crippen molar-refractivity contribution in [2.75, 3.05) is 12.4 Å². The number of rotatable bonds is 3. The van der Waals surface area contributed by atoms with E-state index in [-0.39, 0.29) is 5.91 Å². The average Bonchev–Trinajstić information content (AvgIpc) is 2.68. The molecule has 1 aromatic carbocycles. The van der Waals surface area contributed by atoms with Gasteiger partial charge in [0.1, 0.15) is 5.82 Å². The predicted octanol–water partition coefficient (Wildman–Crippen LogP) is 3.88. The molecule has 134 valence electrons. The molecular weight excluding hydrogens is 328 g/mol. The van der Waals surface area contributed by atoms with Crippen molar-refractivity contribution in [1.82, 2.24) is 4.98 Å². The van der Waals surface area contributed by atoms with Crippen molar-refractivity contribution in [3.05, 3.63) is 58.3 Å². The number of pyridine rings is 1. The van der Waals surface area contributed by atoms with Crippen LogP contribution in [0.15, 0.2) is 30.5 Å². The third kappa shape index (κ3) is 3.09. The zero-order valence-corrected chi connectivity index (χ0v) is 14.9. The van der Waals surface area contributed by atoms with Crippen LogP contribution in [0, 0.1) is 0 Å². The number of benzene rings is 1. The van der Waals surface area contributed by atoms with E-state index in [1.165, 1.54) is 55.7 Å². The second-order valence-corrected chi connectivity index (χ2v) is 7.07. The van der Waals surface area contributed by atoms with E-state index in [0.29, 0.717) is 22.9 Å². The van der Waals surface area contributed by atoms with Gasteiger partial charge in [-0.2, -0.15) is 0 Å². The van der Waals surface area contributed by atoms with Crippen molar-refractivity contribution < 1.29 is 14.3 Å². The predicted molar refractivity (Wildman–Crippen MR) is 98.6 cm³/mol. The number of nitrogens with one attached hydrogen (secondary N) is 1. The van der Waals surface area contributed by atoms with Gasteiger partial charge in [-0.05, 0) is 85.4 Å². The number of aryl methyl sites for hydroxylation is 2. The maximum absolute atomic E-state index is 12.7. The third-order valence-corrected chi connectivity index (χ3v) is 5.45. The quantitative estimate of drug-likeness (QED) is 0.853. The van der Waals surface area contributed by atoms with Crippen LogP contribution in [0.25, 0.3) is 0 Å². The number of hydrogen-bond acceptors (Lipinski definition) is 4. The summed E-state index contributed by atoms with van der Waals surface area (Å²) in [5.74, 6) is 0.507. The molecule has 0 saturated heterocycles. The van der Waals surface area contributed by atoms with Gasteiger partial charge < -0.3 is 10.1 Å². The highest BCUT2D eigenvalue weighted by Crippen LogP contribution is 2.41. The molecule has 5 heteroatoms. The summed E-state index contributed by atoms with van der Waals surface area (Å²) >= 11 is 0. The lowest BCUT2D eigenvalue weighted by Gasteiger charge is -2.32. The third-order valence-electron chi connectivity index (χ3n) is 5.45. The molecule has 0 radical (unpaired) electrons.